The van der Waals surface area contributed by atoms with Gasteiger partial charge in [-0.05, 0) is 65.4 Å². The Morgan fingerprint density at radius 3 is 2.85 bits per heavy atom. The Kier molecular flexibility index (Phi) is 4.78. The van der Waals surface area contributed by atoms with Gasteiger partial charge in [-0.15, -0.1) is 11.3 Å². The van der Waals surface area contributed by atoms with Crippen LogP contribution in [0.25, 0.3) is 21.0 Å². The highest BCUT2D eigenvalue weighted by Crippen LogP contribution is 2.31. The van der Waals surface area contributed by atoms with Crippen LogP contribution in [-0.2, 0) is 6.54 Å². The lowest BCUT2D eigenvalue weighted by atomic mass is 10.1. The molecule has 0 aliphatic carbocycles. The number of rotatable bonds is 4. The number of hydrogen-bond acceptors (Lipinski definition) is 4. The number of benzene rings is 2. The van der Waals surface area contributed by atoms with Crippen LogP contribution in [0.3, 0.4) is 0 Å². The van der Waals surface area contributed by atoms with E-state index in [1.165, 1.54) is 0 Å². The molecular formula is C20H15IN2O2S. The number of halogens is 1. The zero-order chi connectivity index (χ0) is 18.1. The first-order valence-electron chi connectivity index (χ1n) is 8.10. The fourth-order valence-electron chi connectivity index (χ4n) is 2.65. The van der Waals surface area contributed by atoms with E-state index >= 15 is 0 Å². The third-order valence-electron chi connectivity index (χ3n) is 4.03. The van der Waals surface area contributed by atoms with Crippen LogP contribution in [-0.4, -0.2) is 10.9 Å². The van der Waals surface area contributed by atoms with E-state index in [0.717, 1.165) is 30.1 Å². The van der Waals surface area contributed by atoms with Crippen LogP contribution >= 0.6 is 33.9 Å². The molecule has 4 rings (SSSR count). The summed E-state index contributed by atoms with van der Waals surface area (Å²) in [6.45, 7) is 2.34. The van der Waals surface area contributed by atoms with Gasteiger partial charge in [0.25, 0.3) is 5.91 Å². The lowest BCUT2D eigenvalue weighted by Crippen LogP contribution is -2.23. The average Bonchev–Trinajstić information content (AvgIpc) is 3.28. The molecule has 1 amide bonds. The smallest absolute Gasteiger partial charge is 0.252 e. The number of aryl methyl sites for hydroxylation is 1. The molecule has 0 bridgehead atoms. The molecule has 2 aromatic heterocycles. The number of amides is 1. The van der Waals surface area contributed by atoms with E-state index in [2.05, 4.69) is 32.9 Å². The second-order valence-electron chi connectivity index (χ2n) is 5.87. The van der Waals surface area contributed by atoms with Crippen molar-refractivity contribution in [1.82, 2.24) is 10.3 Å². The van der Waals surface area contributed by atoms with Gasteiger partial charge >= 0.3 is 0 Å². The summed E-state index contributed by atoms with van der Waals surface area (Å²) in [6.07, 6.45) is 0. The molecule has 2 heterocycles. The summed E-state index contributed by atoms with van der Waals surface area (Å²) in [6, 6.07) is 17.5. The summed E-state index contributed by atoms with van der Waals surface area (Å²) >= 11 is 3.80. The Hall–Kier alpha value is -2.19. The van der Waals surface area contributed by atoms with E-state index in [0.29, 0.717) is 17.9 Å². The topological polar surface area (TPSA) is 55.1 Å². The maximum Gasteiger partial charge on any atom is 0.252 e. The summed E-state index contributed by atoms with van der Waals surface area (Å²) in [4.78, 5) is 17.0. The maximum absolute atomic E-state index is 12.4. The number of aromatic nitrogens is 1. The summed E-state index contributed by atoms with van der Waals surface area (Å²) in [5.74, 6) is 1.33. The van der Waals surface area contributed by atoms with Crippen molar-refractivity contribution >= 4 is 50.1 Å². The number of thiazole rings is 1. The van der Waals surface area contributed by atoms with Crippen LogP contribution in [0.2, 0.25) is 0 Å². The second-order valence-corrected chi connectivity index (χ2v) is 7.98. The van der Waals surface area contributed by atoms with Gasteiger partial charge in [0.15, 0.2) is 10.8 Å². The largest absolute Gasteiger partial charge is 0.457 e. The van der Waals surface area contributed by atoms with Gasteiger partial charge in [0.2, 0.25) is 0 Å². The van der Waals surface area contributed by atoms with Crippen LogP contribution in [0, 0.1) is 10.5 Å². The van der Waals surface area contributed by atoms with Crippen molar-refractivity contribution in [3.63, 3.8) is 0 Å². The highest BCUT2D eigenvalue weighted by molar-refractivity contribution is 14.1. The highest BCUT2D eigenvalue weighted by atomic mass is 127. The number of hydrogen-bond donors (Lipinski definition) is 1. The van der Waals surface area contributed by atoms with Crippen LogP contribution in [0.4, 0.5) is 0 Å². The first kappa shape index (κ1) is 17.2. The number of carbonyl (C=O) groups excluding carboxylic acids is 1. The molecule has 0 saturated heterocycles. The summed E-state index contributed by atoms with van der Waals surface area (Å²) < 4.78 is 7.97. The van der Waals surface area contributed by atoms with Crippen molar-refractivity contribution in [2.24, 2.45) is 0 Å². The molecule has 0 aliphatic heterocycles. The standard InChI is InChI=1S/C20H15IN2O2S/c1-12-5-4-6-14(18(12)21)19(24)22-11-13-9-10-16(25-13)20-23-15-7-2-3-8-17(15)26-20/h2-10H,11H2,1H3,(H,22,24). The molecule has 0 spiro atoms. The molecule has 0 radical (unpaired) electrons. The average molecular weight is 474 g/mol. The Morgan fingerprint density at radius 1 is 1.15 bits per heavy atom. The van der Waals surface area contributed by atoms with Crippen molar-refractivity contribution in [2.75, 3.05) is 0 Å². The number of nitrogens with zero attached hydrogens (tertiary/aromatic N) is 1. The van der Waals surface area contributed by atoms with Gasteiger partial charge < -0.3 is 9.73 Å². The second kappa shape index (κ2) is 7.20. The number of carbonyl (C=O) groups is 1. The van der Waals surface area contributed by atoms with Crippen LogP contribution < -0.4 is 5.32 Å². The van der Waals surface area contributed by atoms with Gasteiger partial charge in [-0.2, -0.15) is 0 Å². The van der Waals surface area contributed by atoms with Gasteiger partial charge in [0.05, 0.1) is 22.3 Å². The predicted octanol–water partition coefficient (Wildman–Crippen LogP) is 5.40. The molecular weight excluding hydrogens is 459 g/mol. The zero-order valence-corrected chi connectivity index (χ0v) is 16.9. The molecule has 0 unspecified atom stereocenters. The van der Waals surface area contributed by atoms with Gasteiger partial charge in [0, 0.05) is 3.57 Å². The van der Waals surface area contributed by atoms with E-state index in [4.69, 9.17) is 4.42 Å². The molecule has 0 fully saturated rings. The van der Waals surface area contributed by atoms with E-state index in [1.807, 2.05) is 61.5 Å². The van der Waals surface area contributed by atoms with Crippen LogP contribution in [0.15, 0.2) is 59.0 Å². The van der Waals surface area contributed by atoms with E-state index < -0.39 is 0 Å². The first-order valence-corrected chi connectivity index (χ1v) is 9.99. The molecule has 6 heteroatoms. The minimum absolute atomic E-state index is 0.101. The van der Waals surface area contributed by atoms with Gasteiger partial charge in [-0.1, -0.05) is 24.3 Å². The zero-order valence-electron chi connectivity index (χ0n) is 14.0. The monoisotopic (exact) mass is 474 g/mol. The number of furan rings is 1. The minimum Gasteiger partial charge on any atom is -0.457 e. The number of nitrogens with one attached hydrogen (secondary N) is 1. The molecule has 0 saturated carbocycles. The van der Waals surface area contributed by atoms with Gasteiger partial charge in [-0.3, -0.25) is 4.79 Å². The van der Waals surface area contributed by atoms with Crippen molar-refractivity contribution in [3.05, 3.63) is 75.1 Å². The molecule has 2 aromatic carbocycles. The van der Waals surface area contributed by atoms with Gasteiger partial charge in [-0.25, -0.2) is 4.98 Å². The third kappa shape index (κ3) is 3.39. The predicted molar refractivity (Wildman–Crippen MR) is 112 cm³/mol. The van der Waals surface area contributed by atoms with Crippen molar-refractivity contribution < 1.29 is 9.21 Å². The van der Waals surface area contributed by atoms with Crippen molar-refractivity contribution in [1.29, 1.82) is 0 Å². The van der Waals surface area contributed by atoms with Gasteiger partial charge in [0.1, 0.15) is 5.76 Å². The van der Waals surface area contributed by atoms with E-state index in [1.54, 1.807) is 11.3 Å². The minimum atomic E-state index is -0.101. The first-order chi connectivity index (χ1) is 12.6. The Bertz CT molecular complexity index is 1070. The SMILES string of the molecule is Cc1cccc(C(=O)NCc2ccc(-c3nc4ccccc4s3)o2)c1I. The Balaban J connectivity index is 1.48. The number of fused-ring (bicyclic) bond motifs is 1. The molecule has 26 heavy (non-hydrogen) atoms. The maximum atomic E-state index is 12.4. The summed E-state index contributed by atoms with van der Waals surface area (Å²) in [5, 5.41) is 3.76. The van der Waals surface area contributed by atoms with Crippen molar-refractivity contribution in [2.45, 2.75) is 13.5 Å². The van der Waals surface area contributed by atoms with Crippen LogP contribution in [0.5, 0.6) is 0 Å². The van der Waals surface area contributed by atoms with Crippen LogP contribution in [0.1, 0.15) is 21.7 Å². The number of para-hydroxylation sites is 1. The highest BCUT2D eigenvalue weighted by Gasteiger charge is 2.13. The molecule has 1 N–H and O–H groups in total. The fourth-order valence-corrected chi connectivity index (χ4v) is 4.18. The lowest BCUT2D eigenvalue weighted by molar-refractivity contribution is 0.0947. The Labute approximate surface area is 168 Å². The summed E-state index contributed by atoms with van der Waals surface area (Å²) in [5.41, 5.74) is 2.74. The molecule has 4 nitrogen and oxygen atoms in total. The Morgan fingerprint density at radius 2 is 2.00 bits per heavy atom. The molecule has 0 atom stereocenters. The summed E-state index contributed by atoms with van der Waals surface area (Å²) in [7, 11) is 0. The quantitative estimate of drug-likeness (QED) is 0.403. The molecule has 130 valence electrons. The molecule has 4 aromatic rings. The van der Waals surface area contributed by atoms with Crippen molar-refractivity contribution in [3.8, 4) is 10.8 Å². The fraction of sp³-hybridized carbons (Fsp3) is 0.100. The van der Waals surface area contributed by atoms with E-state index in [9.17, 15) is 4.79 Å². The van der Waals surface area contributed by atoms with E-state index in [-0.39, 0.29) is 5.91 Å². The molecule has 0 aliphatic rings. The third-order valence-corrected chi connectivity index (χ3v) is 6.51. The normalized spacial score (nSPS) is 11.0. The lowest BCUT2D eigenvalue weighted by Gasteiger charge is -2.07.